The van der Waals surface area contributed by atoms with Crippen molar-refractivity contribution in [2.45, 2.75) is 26.4 Å². The Balaban J connectivity index is 1.71. The van der Waals surface area contributed by atoms with Crippen LogP contribution in [0.15, 0.2) is 91.0 Å². The van der Waals surface area contributed by atoms with Gasteiger partial charge in [-0.05, 0) is 84.8 Å². The molecule has 0 spiro atoms. The molecule has 4 N–H and O–H groups in total. The molecule has 13 nitrogen and oxygen atoms in total. The van der Waals surface area contributed by atoms with Gasteiger partial charge in [0.1, 0.15) is 12.4 Å². The summed E-state index contributed by atoms with van der Waals surface area (Å²) in [5.41, 5.74) is 7.06. The van der Waals surface area contributed by atoms with Crippen molar-refractivity contribution in [3.05, 3.63) is 130 Å². The van der Waals surface area contributed by atoms with Crippen LogP contribution in [-0.2, 0) is 32.3 Å². The lowest BCUT2D eigenvalue weighted by Gasteiger charge is -2.20. The van der Waals surface area contributed by atoms with Crippen molar-refractivity contribution in [2.75, 3.05) is 53.4 Å². The second-order valence-electron chi connectivity index (χ2n) is 13.3. The van der Waals surface area contributed by atoms with Crippen molar-refractivity contribution in [1.29, 1.82) is 0 Å². The van der Waals surface area contributed by atoms with Crippen LogP contribution in [0.1, 0.15) is 52.5 Å². The molecule has 0 aliphatic heterocycles. The Morgan fingerprint density at radius 3 is 1.54 bits per heavy atom. The zero-order valence-electron chi connectivity index (χ0n) is 31.6. The maximum atomic E-state index is 11.5. The number of hydrogen-bond acceptors (Lipinski definition) is 9. The van der Waals surface area contributed by atoms with Crippen LogP contribution < -0.4 is 4.74 Å². The van der Waals surface area contributed by atoms with Crippen LogP contribution in [-0.4, -0.2) is 117 Å². The smallest absolute Gasteiger partial charge is 0.317 e. The van der Waals surface area contributed by atoms with Gasteiger partial charge in [0.05, 0.1) is 37.6 Å². The summed E-state index contributed by atoms with van der Waals surface area (Å²) in [4.78, 5) is 54.8. The van der Waals surface area contributed by atoms with E-state index in [2.05, 4.69) is 52.9 Å². The minimum absolute atomic E-state index is 0.160. The number of carbonyl (C=O) groups is 4. The molecule has 0 fully saturated rings. The Kier molecular flexibility index (Phi) is 15.9. The van der Waals surface area contributed by atoms with Crippen molar-refractivity contribution < 1.29 is 44.3 Å². The van der Waals surface area contributed by atoms with Crippen LogP contribution >= 0.6 is 0 Å². The lowest BCUT2D eigenvalue weighted by Crippen LogP contribution is -2.35. The second-order valence-corrected chi connectivity index (χ2v) is 13.3. The third-order valence-corrected chi connectivity index (χ3v) is 8.39. The molecule has 56 heavy (non-hydrogen) atoms. The lowest BCUT2D eigenvalue weighted by atomic mass is 9.88. The van der Waals surface area contributed by atoms with Gasteiger partial charge in [-0.2, -0.15) is 0 Å². The Bertz CT molecular complexity index is 1980. The molecular weight excluding hydrogens is 716 g/mol. The van der Waals surface area contributed by atoms with Gasteiger partial charge in [0.2, 0.25) is 0 Å². The van der Waals surface area contributed by atoms with E-state index in [-0.39, 0.29) is 24.5 Å². The van der Waals surface area contributed by atoms with Gasteiger partial charge in [-0.3, -0.25) is 34.0 Å². The first-order valence-electron chi connectivity index (χ1n) is 17.9. The highest BCUT2D eigenvalue weighted by Crippen LogP contribution is 2.35. The molecule has 0 aliphatic carbocycles. The largest absolute Gasteiger partial charge is 0.492 e. The predicted molar refractivity (Wildman–Crippen MR) is 211 cm³/mol. The molecule has 0 radical (unpaired) electrons. The molecular formula is C43H46N4O9. The monoisotopic (exact) mass is 762 g/mol. The average Bonchev–Trinajstić information content (AvgIpc) is 3.13. The molecule has 0 unspecified atom stereocenters. The summed E-state index contributed by atoms with van der Waals surface area (Å²) in [5.74, 6) is 2.13. The van der Waals surface area contributed by atoms with Crippen LogP contribution in [0.4, 0.5) is 0 Å². The van der Waals surface area contributed by atoms with Gasteiger partial charge in [0.15, 0.2) is 0 Å². The maximum absolute atomic E-state index is 11.5. The number of nitrogens with zero attached hydrogens (tertiary/aromatic N) is 4. The average molecular weight is 763 g/mol. The normalized spacial score (nSPS) is 11.5. The molecule has 292 valence electrons. The molecule has 0 saturated carbocycles. The van der Waals surface area contributed by atoms with Gasteiger partial charge < -0.3 is 30.1 Å². The quantitative estimate of drug-likeness (QED) is 0.0718. The van der Waals surface area contributed by atoms with E-state index in [1.54, 1.807) is 12.1 Å². The standard InChI is InChI=1S/C43H46N4O9/c1-4-38(32-8-6-5-7-9-32)43(34-16-18-37(19-17-34)56-21-20-45(2)3)33-14-12-30(13-15-33)10-11-31-22-35(24-46(26-39(48)49)27-40(50)51)44-36(23-31)25-47(28-41(52)53)29-42(54)55/h5-9,12-19,22-23H,4,20-21,24-29H2,1-3H3,(H,48,49)(H,50,51)(H,52,53)(H,54,55)/b43-38-. The number of allylic oxidation sites excluding steroid dienone is 1. The van der Waals surface area contributed by atoms with E-state index in [1.165, 1.54) is 15.4 Å². The molecule has 1 heterocycles. The van der Waals surface area contributed by atoms with E-state index in [1.807, 2.05) is 68.7 Å². The second kappa shape index (κ2) is 20.9. The summed E-state index contributed by atoms with van der Waals surface area (Å²) in [6, 6.07) is 29.3. The van der Waals surface area contributed by atoms with E-state index in [0.29, 0.717) is 17.7 Å². The summed E-state index contributed by atoms with van der Waals surface area (Å²) in [6.07, 6.45) is 0.779. The number of aromatic nitrogens is 1. The summed E-state index contributed by atoms with van der Waals surface area (Å²) in [5, 5.41) is 37.4. The van der Waals surface area contributed by atoms with Crippen molar-refractivity contribution in [3.8, 4) is 17.6 Å². The van der Waals surface area contributed by atoms with Gasteiger partial charge in [-0.15, -0.1) is 0 Å². The fraction of sp³-hybridized carbons (Fsp3) is 0.279. The molecule has 4 rings (SSSR count). The number of carboxylic acid groups (broad SMARTS) is 4. The van der Waals surface area contributed by atoms with E-state index in [0.717, 1.165) is 41.0 Å². The first-order chi connectivity index (χ1) is 26.8. The van der Waals surface area contributed by atoms with E-state index in [4.69, 9.17) is 4.74 Å². The molecule has 4 aromatic rings. The molecule has 0 aliphatic rings. The number of rotatable bonds is 20. The van der Waals surface area contributed by atoms with Gasteiger partial charge in [0, 0.05) is 30.8 Å². The Hall–Kier alpha value is -6.33. The number of carboxylic acids is 4. The molecule has 0 atom stereocenters. The predicted octanol–water partition coefficient (Wildman–Crippen LogP) is 4.73. The summed E-state index contributed by atoms with van der Waals surface area (Å²) in [7, 11) is 4.00. The molecule has 1 aromatic heterocycles. The number of pyridine rings is 1. The van der Waals surface area contributed by atoms with Crippen LogP contribution in [0.2, 0.25) is 0 Å². The molecule has 0 bridgehead atoms. The number of ether oxygens (including phenoxy) is 1. The number of likely N-dealkylation sites (N-methyl/N-ethyl adjacent to an activating group) is 1. The highest BCUT2D eigenvalue weighted by molar-refractivity contribution is 5.98. The zero-order chi connectivity index (χ0) is 40.6. The summed E-state index contributed by atoms with van der Waals surface area (Å²) in [6.45, 7) is 0.927. The highest BCUT2D eigenvalue weighted by Gasteiger charge is 2.19. The van der Waals surface area contributed by atoms with Gasteiger partial charge in [-0.25, -0.2) is 0 Å². The lowest BCUT2D eigenvalue weighted by molar-refractivity contribution is -0.144. The topological polar surface area (TPSA) is 181 Å². The third kappa shape index (κ3) is 13.8. The fourth-order valence-corrected chi connectivity index (χ4v) is 6.05. The van der Waals surface area contributed by atoms with Crippen molar-refractivity contribution in [3.63, 3.8) is 0 Å². The number of hydrogen-bond donors (Lipinski definition) is 4. The van der Waals surface area contributed by atoms with Crippen LogP contribution in [0.3, 0.4) is 0 Å². The molecule has 3 aromatic carbocycles. The van der Waals surface area contributed by atoms with E-state index >= 15 is 0 Å². The Morgan fingerprint density at radius 2 is 1.09 bits per heavy atom. The third-order valence-electron chi connectivity index (χ3n) is 8.39. The van der Waals surface area contributed by atoms with Gasteiger partial charge >= 0.3 is 23.9 Å². The van der Waals surface area contributed by atoms with Crippen LogP contribution in [0, 0.1) is 11.8 Å². The number of benzene rings is 3. The van der Waals surface area contributed by atoms with Crippen LogP contribution in [0.25, 0.3) is 11.1 Å². The van der Waals surface area contributed by atoms with Crippen LogP contribution in [0.5, 0.6) is 5.75 Å². The number of aliphatic carboxylic acids is 4. The zero-order valence-corrected chi connectivity index (χ0v) is 31.6. The first-order valence-corrected chi connectivity index (χ1v) is 17.9. The minimum atomic E-state index is -1.23. The first kappa shape index (κ1) is 42.4. The Labute approximate surface area is 326 Å². The SMILES string of the molecule is CC/C(=C(\c1ccc(C#Cc2cc(CN(CC(=O)O)CC(=O)O)nc(CN(CC(=O)O)CC(=O)O)c2)cc1)c1ccc(OCCN(C)C)cc1)c1ccccc1. The summed E-state index contributed by atoms with van der Waals surface area (Å²) >= 11 is 0. The maximum Gasteiger partial charge on any atom is 0.317 e. The van der Waals surface area contributed by atoms with Crippen molar-refractivity contribution in [1.82, 2.24) is 19.7 Å². The minimum Gasteiger partial charge on any atom is -0.492 e. The molecule has 0 amide bonds. The fourth-order valence-electron chi connectivity index (χ4n) is 6.05. The summed E-state index contributed by atoms with van der Waals surface area (Å²) < 4.78 is 5.94. The molecule has 13 heteroatoms. The van der Waals surface area contributed by atoms with E-state index in [9.17, 15) is 39.6 Å². The van der Waals surface area contributed by atoms with Crippen molar-refractivity contribution in [2.24, 2.45) is 0 Å². The highest BCUT2D eigenvalue weighted by atomic mass is 16.5. The van der Waals surface area contributed by atoms with E-state index < -0.39 is 50.1 Å². The van der Waals surface area contributed by atoms with Gasteiger partial charge in [0.25, 0.3) is 0 Å². The molecule has 0 saturated heterocycles. The van der Waals surface area contributed by atoms with Gasteiger partial charge in [-0.1, -0.05) is 73.4 Å². The van der Waals surface area contributed by atoms with Crippen molar-refractivity contribution >= 4 is 35.0 Å². The Morgan fingerprint density at radius 1 is 0.625 bits per heavy atom.